The number of anilines is 2. The fourth-order valence-electron chi connectivity index (χ4n) is 1.72. The Labute approximate surface area is 116 Å². The summed E-state index contributed by atoms with van der Waals surface area (Å²) in [6.45, 7) is 1.89. The largest absolute Gasteiger partial charge is 0.399 e. The minimum absolute atomic E-state index is 0.153. The van der Waals surface area contributed by atoms with Crippen LogP contribution < -0.4 is 11.1 Å². The molecule has 1 aromatic carbocycles. The fraction of sp³-hybridized carbons (Fsp3) is 0.143. The summed E-state index contributed by atoms with van der Waals surface area (Å²) in [7, 11) is 0. The molecule has 0 bridgehead atoms. The van der Waals surface area contributed by atoms with Gasteiger partial charge in [-0.1, -0.05) is 23.7 Å². The van der Waals surface area contributed by atoms with E-state index in [0.717, 1.165) is 11.1 Å². The molecule has 0 spiro atoms. The molecule has 2 aromatic rings. The van der Waals surface area contributed by atoms with Crippen LogP contribution in [0.1, 0.15) is 11.1 Å². The summed E-state index contributed by atoms with van der Waals surface area (Å²) in [5, 5.41) is 3.03. The predicted molar refractivity (Wildman–Crippen MR) is 77.2 cm³/mol. The molecule has 0 radical (unpaired) electrons. The topological polar surface area (TPSA) is 68.0 Å². The second-order valence-corrected chi connectivity index (χ2v) is 4.68. The van der Waals surface area contributed by atoms with Crippen LogP contribution in [0.25, 0.3) is 0 Å². The molecule has 5 heteroatoms. The Balaban J connectivity index is 2.07. The van der Waals surface area contributed by atoms with Crippen molar-refractivity contribution in [1.82, 2.24) is 4.98 Å². The van der Waals surface area contributed by atoms with E-state index in [0.29, 0.717) is 11.4 Å². The molecule has 1 heterocycles. The van der Waals surface area contributed by atoms with Crippen LogP contribution in [0.15, 0.2) is 36.5 Å². The number of aryl methyl sites for hydroxylation is 1. The maximum atomic E-state index is 11.9. The molecule has 0 saturated carbocycles. The highest BCUT2D eigenvalue weighted by atomic mass is 35.5. The van der Waals surface area contributed by atoms with E-state index >= 15 is 0 Å². The molecular weight excluding hydrogens is 262 g/mol. The zero-order chi connectivity index (χ0) is 13.8. The van der Waals surface area contributed by atoms with Crippen LogP contribution in [-0.4, -0.2) is 10.9 Å². The maximum absolute atomic E-state index is 11.9. The Morgan fingerprint density at radius 3 is 2.95 bits per heavy atom. The summed E-state index contributed by atoms with van der Waals surface area (Å²) in [4.78, 5) is 15.9. The molecule has 0 atom stereocenters. The van der Waals surface area contributed by atoms with Crippen LogP contribution in [0.4, 0.5) is 11.4 Å². The lowest BCUT2D eigenvalue weighted by atomic mass is 10.1. The fourth-order valence-corrected chi connectivity index (χ4v) is 1.87. The lowest BCUT2D eigenvalue weighted by Crippen LogP contribution is -2.15. The summed E-state index contributed by atoms with van der Waals surface area (Å²) in [5.74, 6) is -0.153. The van der Waals surface area contributed by atoms with Crippen molar-refractivity contribution in [3.05, 3.63) is 52.8 Å². The molecule has 1 aromatic heterocycles. The zero-order valence-corrected chi connectivity index (χ0v) is 11.2. The second kappa shape index (κ2) is 5.71. The van der Waals surface area contributed by atoms with Crippen molar-refractivity contribution in [2.45, 2.75) is 13.3 Å². The number of carbonyl (C=O) groups excluding carboxylic acids is 1. The van der Waals surface area contributed by atoms with Crippen molar-refractivity contribution in [3.8, 4) is 0 Å². The third-order valence-electron chi connectivity index (χ3n) is 2.57. The first-order chi connectivity index (χ1) is 9.04. The van der Waals surface area contributed by atoms with Crippen LogP contribution in [0.2, 0.25) is 5.15 Å². The van der Waals surface area contributed by atoms with Gasteiger partial charge >= 0.3 is 0 Å². The number of benzene rings is 1. The van der Waals surface area contributed by atoms with Crippen molar-refractivity contribution < 1.29 is 4.79 Å². The average molecular weight is 276 g/mol. The normalized spacial score (nSPS) is 10.2. The van der Waals surface area contributed by atoms with Gasteiger partial charge in [-0.25, -0.2) is 4.98 Å². The van der Waals surface area contributed by atoms with E-state index in [9.17, 15) is 4.79 Å². The summed E-state index contributed by atoms with van der Waals surface area (Å²) in [6, 6.07) is 9.01. The molecule has 0 aliphatic heterocycles. The van der Waals surface area contributed by atoms with Gasteiger partial charge in [0, 0.05) is 11.9 Å². The van der Waals surface area contributed by atoms with Gasteiger partial charge in [0.15, 0.2) is 5.15 Å². The van der Waals surface area contributed by atoms with E-state index in [1.165, 1.54) is 0 Å². The Hall–Kier alpha value is -2.07. The van der Waals surface area contributed by atoms with E-state index in [1.807, 2.05) is 19.1 Å². The Bertz CT molecular complexity index is 613. The Morgan fingerprint density at radius 1 is 1.42 bits per heavy atom. The quantitative estimate of drug-likeness (QED) is 0.668. The summed E-state index contributed by atoms with van der Waals surface area (Å²) in [6.07, 6.45) is 1.89. The first-order valence-corrected chi connectivity index (χ1v) is 6.19. The third-order valence-corrected chi connectivity index (χ3v) is 2.87. The number of carbonyl (C=O) groups is 1. The second-order valence-electron chi connectivity index (χ2n) is 4.32. The van der Waals surface area contributed by atoms with Gasteiger partial charge in [0.1, 0.15) is 0 Å². The van der Waals surface area contributed by atoms with Crippen molar-refractivity contribution in [2.24, 2.45) is 0 Å². The van der Waals surface area contributed by atoms with Crippen LogP contribution >= 0.6 is 11.6 Å². The molecule has 4 nitrogen and oxygen atoms in total. The highest BCUT2D eigenvalue weighted by Crippen LogP contribution is 2.20. The molecule has 0 unspecified atom stereocenters. The molecular formula is C14H14ClN3O. The van der Waals surface area contributed by atoms with E-state index in [-0.39, 0.29) is 17.5 Å². The molecule has 0 aliphatic rings. The number of amides is 1. The molecule has 0 aliphatic carbocycles. The monoisotopic (exact) mass is 275 g/mol. The summed E-state index contributed by atoms with van der Waals surface area (Å²) < 4.78 is 0. The molecule has 98 valence electrons. The highest BCUT2D eigenvalue weighted by molar-refractivity contribution is 6.32. The van der Waals surface area contributed by atoms with Gasteiger partial charge in [-0.2, -0.15) is 0 Å². The van der Waals surface area contributed by atoms with Crippen LogP contribution in [0.3, 0.4) is 0 Å². The number of nitrogen functional groups attached to an aromatic ring is 1. The predicted octanol–water partition coefficient (Wildman–Crippen LogP) is 2.81. The lowest BCUT2D eigenvalue weighted by Gasteiger charge is -2.07. The van der Waals surface area contributed by atoms with E-state index in [2.05, 4.69) is 10.3 Å². The number of nitrogens with zero attached hydrogens (tertiary/aromatic N) is 1. The number of hydrogen-bond acceptors (Lipinski definition) is 3. The number of rotatable bonds is 3. The summed E-state index contributed by atoms with van der Waals surface area (Å²) in [5.41, 5.74) is 8.62. The zero-order valence-electron chi connectivity index (χ0n) is 10.5. The van der Waals surface area contributed by atoms with Crippen molar-refractivity contribution in [2.75, 3.05) is 11.1 Å². The van der Waals surface area contributed by atoms with Crippen LogP contribution in [0.5, 0.6) is 0 Å². The number of nitrogens with two attached hydrogens (primary N) is 1. The SMILES string of the molecule is Cc1cnc(Cl)c(NC(=O)Cc2cccc(N)c2)c1. The first kappa shape index (κ1) is 13.4. The summed E-state index contributed by atoms with van der Waals surface area (Å²) >= 11 is 5.92. The van der Waals surface area contributed by atoms with Gasteiger partial charge in [0.05, 0.1) is 12.1 Å². The molecule has 1 amide bonds. The van der Waals surface area contributed by atoms with Crippen LogP contribution in [-0.2, 0) is 11.2 Å². The highest BCUT2D eigenvalue weighted by Gasteiger charge is 2.08. The first-order valence-electron chi connectivity index (χ1n) is 5.81. The molecule has 0 fully saturated rings. The minimum atomic E-state index is -0.153. The van der Waals surface area contributed by atoms with Crippen molar-refractivity contribution >= 4 is 28.9 Å². The lowest BCUT2D eigenvalue weighted by molar-refractivity contribution is -0.115. The Morgan fingerprint density at radius 2 is 2.21 bits per heavy atom. The van der Waals surface area contributed by atoms with Crippen LogP contribution in [0, 0.1) is 6.92 Å². The Kier molecular flexibility index (Phi) is 4.02. The molecule has 19 heavy (non-hydrogen) atoms. The van der Waals surface area contributed by atoms with E-state index in [4.69, 9.17) is 17.3 Å². The van der Waals surface area contributed by atoms with Gasteiger partial charge in [-0.15, -0.1) is 0 Å². The van der Waals surface area contributed by atoms with Gasteiger partial charge < -0.3 is 11.1 Å². The number of hydrogen-bond donors (Lipinski definition) is 2. The van der Waals surface area contributed by atoms with Gasteiger partial charge in [-0.3, -0.25) is 4.79 Å². The van der Waals surface area contributed by atoms with E-state index < -0.39 is 0 Å². The van der Waals surface area contributed by atoms with Crippen molar-refractivity contribution in [1.29, 1.82) is 0 Å². The van der Waals surface area contributed by atoms with Gasteiger partial charge in [-0.05, 0) is 36.2 Å². The standard InChI is InChI=1S/C14H14ClN3O/c1-9-5-12(14(15)17-8-9)18-13(19)7-10-3-2-4-11(16)6-10/h2-6,8H,7,16H2,1H3,(H,18,19). The maximum Gasteiger partial charge on any atom is 0.228 e. The average Bonchev–Trinajstić information content (AvgIpc) is 2.34. The number of halogens is 1. The number of nitrogens with one attached hydrogen (secondary N) is 1. The van der Waals surface area contributed by atoms with E-state index in [1.54, 1.807) is 24.4 Å². The van der Waals surface area contributed by atoms with Gasteiger partial charge in [0.25, 0.3) is 0 Å². The van der Waals surface area contributed by atoms with Crippen molar-refractivity contribution in [3.63, 3.8) is 0 Å². The smallest absolute Gasteiger partial charge is 0.228 e. The molecule has 0 saturated heterocycles. The molecule has 2 rings (SSSR count). The third kappa shape index (κ3) is 3.69. The number of aromatic nitrogens is 1. The minimum Gasteiger partial charge on any atom is -0.399 e. The molecule has 3 N–H and O–H groups in total. The number of pyridine rings is 1. The van der Waals surface area contributed by atoms with Gasteiger partial charge in [0.2, 0.25) is 5.91 Å².